The summed E-state index contributed by atoms with van der Waals surface area (Å²) in [6.45, 7) is 6.40. The fourth-order valence-electron chi connectivity index (χ4n) is 4.24. The number of amides is 3. The van der Waals surface area contributed by atoms with Gasteiger partial charge in [0.2, 0.25) is 5.91 Å². The van der Waals surface area contributed by atoms with E-state index in [1.807, 2.05) is 18.2 Å². The van der Waals surface area contributed by atoms with Crippen molar-refractivity contribution in [3.05, 3.63) is 18.2 Å². The molecule has 2 saturated heterocycles. The van der Waals surface area contributed by atoms with Gasteiger partial charge in [0.1, 0.15) is 13.2 Å². The number of likely N-dealkylation sites (N-methyl/N-ethyl adjacent to an activating group) is 1. The second kappa shape index (κ2) is 8.26. The molecule has 0 aromatic heterocycles. The molecule has 3 amide bonds. The summed E-state index contributed by atoms with van der Waals surface area (Å²) in [5, 5.41) is 5.91. The Morgan fingerprint density at radius 3 is 2.89 bits per heavy atom. The van der Waals surface area contributed by atoms with Gasteiger partial charge in [-0.25, -0.2) is 4.79 Å². The Bertz CT molecular complexity index is 741. The lowest BCUT2D eigenvalue weighted by molar-refractivity contribution is -0.117. The summed E-state index contributed by atoms with van der Waals surface area (Å²) in [7, 11) is 0. The highest BCUT2D eigenvalue weighted by molar-refractivity contribution is 5.97. The van der Waals surface area contributed by atoms with Crippen molar-refractivity contribution in [3.63, 3.8) is 0 Å². The number of anilines is 1. The Morgan fingerprint density at radius 2 is 2.07 bits per heavy atom. The minimum Gasteiger partial charge on any atom is -0.486 e. The third kappa shape index (κ3) is 4.01. The second-order valence-electron chi connectivity index (χ2n) is 7.51. The topological polar surface area (TPSA) is 83.1 Å². The summed E-state index contributed by atoms with van der Waals surface area (Å²) in [5.74, 6) is 1.35. The number of carbonyl (C=O) groups is 2. The lowest BCUT2D eigenvalue weighted by Crippen LogP contribution is -2.47. The third-order valence-corrected chi connectivity index (χ3v) is 5.70. The highest BCUT2D eigenvalue weighted by Crippen LogP contribution is 2.35. The van der Waals surface area contributed by atoms with Crippen LogP contribution in [0.15, 0.2) is 18.2 Å². The molecule has 8 heteroatoms. The van der Waals surface area contributed by atoms with Gasteiger partial charge in [-0.05, 0) is 38.1 Å². The number of likely N-dealkylation sites (tertiary alicyclic amines) is 1. The van der Waals surface area contributed by atoms with Crippen molar-refractivity contribution in [2.45, 2.75) is 38.3 Å². The molecule has 4 rings (SSSR count). The summed E-state index contributed by atoms with van der Waals surface area (Å²) >= 11 is 0. The molecule has 0 spiro atoms. The highest BCUT2D eigenvalue weighted by atomic mass is 16.6. The first kappa shape index (κ1) is 18.9. The first-order valence-electron chi connectivity index (χ1n) is 10.1. The minimum absolute atomic E-state index is 0.00470. The van der Waals surface area contributed by atoms with Gasteiger partial charge in [0, 0.05) is 37.3 Å². The van der Waals surface area contributed by atoms with Crippen molar-refractivity contribution in [3.8, 4) is 11.5 Å². The molecule has 2 atom stereocenters. The molecule has 152 valence electrons. The van der Waals surface area contributed by atoms with Crippen molar-refractivity contribution in [1.29, 1.82) is 0 Å². The smallest absolute Gasteiger partial charge is 0.315 e. The van der Waals surface area contributed by atoms with Gasteiger partial charge in [-0.2, -0.15) is 0 Å². The maximum atomic E-state index is 12.5. The van der Waals surface area contributed by atoms with E-state index in [2.05, 4.69) is 22.5 Å². The Labute approximate surface area is 165 Å². The number of rotatable bonds is 5. The van der Waals surface area contributed by atoms with Crippen molar-refractivity contribution >= 4 is 17.6 Å². The normalized spacial score (nSPS) is 24.5. The summed E-state index contributed by atoms with van der Waals surface area (Å²) in [6, 6.07) is 5.51. The van der Waals surface area contributed by atoms with Gasteiger partial charge < -0.3 is 25.0 Å². The largest absolute Gasteiger partial charge is 0.486 e. The standard InChI is InChI=1S/C20H28N4O4/c1-2-23-7-3-4-16(23)12-21-20(26)22-14-10-19(25)24(13-14)15-5-6-17-18(11-15)28-9-8-27-17/h5-6,11,14,16H,2-4,7-10,12-13H2,1H3,(H2,21,22,26)/t14-,16+/m1/s1. The van der Waals surface area contributed by atoms with E-state index in [4.69, 9.17) is 9.47 Å². The lowest BCUT2D eigenvalue weighted by Gasteiger charge is -2.24. The average Bonchev–Trinajstić information content (AvgIpc) is 3.31. The molecule has 0 aliphatic carbocycles. The van der Waals surface area contributed by atoms with Crippen LogP contribution in [-0.4, -0.2) is 68.3 Å². The molecule has 3 heterocycles. The summed E-state index contributed by atoms with van der Waals surface area (Å²) in [6.07, 6.45) is 2.60. The van der Waals surface area contributed by atoms with Crippen LogP contribution in [0, 0.1) is 0 Å². The van der Waals surface area contributed by atoms with Crippen LogP contribution in [0.25, 0.3) is 0 Å². The summed E-state index contributed by atoms with van der Waals surface area (Å²) in [5.41, 5.74) is 0.767. The van der Waals surface area contributed by atoms with Crippen LogP contribution in [0.3, 0.4) is 0 Å². The van der Waals surface area contributed by atoms with Crippen LogP contribution in [0.5, 0.6) is 11.5 Å². The number of hydrogen-bond donors (Lipinski definition) is 2. The molecule has 0 unspecified atom stereocenters. The average molecular weight is 388 g/mol. The Kier molecular flexibility index (Phi) is 5.57. The monoisotopic (exact) mass is 388 g/mol. The van der Waals surface area contributed by atoms with Crippen LogP contribution >= 0.6 is 0 Å². The quantitative estimate of drug-likeness (QED) is 0.796. The molecule has 3 aliphatic heterocycles. The molecule has 2 fully saturated rings. The van der Waals surface area contributed by atoms with Crippen LogP contribution < -0.4 is 25.0 Å². The first-order valence-corrected chi connectivity index (χ1v) is 10.1. The zero-order valence-corrected chi connectivity index (χ0v) is 16.3. The molecule has 0 radical (unpaired) electrons. The number of urea groups is 1. The maximum Gasteiger partial charge on any atom is 0.315 e. The fraction of sp³-hybridized carbons (Fsp3) is 0.600. The van der Waals surface area contributed by atoms with Gasteiger partial charge in [0.15, 0.2) is 11.5 Å². The van der Waals surface area contributed by atoms with E-state index in [-0.39, 0.29) is 18.0 Å². The molecular weight excluding hydrogens is 360 g/mol. The van der Waals surface area contributed by atoms with Gasteiger partial charge in [-0.15, -0.1) is 0 Å². The Balaban J connectivity index is 1.30. The number of nitrogens with zero attached hydrogens (tertiary/aromatic N) is 2. The van der Waals surface area contributed by atoms with E-state index in [0.29, 0.717) is 50.3 Å². The van der Waals surface area contributed by atoms with Crippen molar-refractivity contribution in [1.82, 2.24) is 15.5 Å². The lowest BCUT2D eigenvalue weighted by atomic mass is 10.2. The molecule has 8 nitrogen and oxygen atoms in total. The Hall–Kier alpha value is -2.48. The Morgan fingerprint density at radius 1 is 1.25 bits per heavy atom. The zero-order valence-electron chi connectivity index (χ0n) is 16.3. The predicted octanol–water partition coefficient (Wildman–Crippen LogP) is 1.35. The van der Waals surface area contributed by atoms with Gasteiger partial charge >= 0.3 is 6.03 Å². The van der Waals surface area contributed by atoms with E-state index < -0.39 is 0 Å². The molecule has 1 aromatic rings. The van der Waals surface area contributed by atoms with E-state index >= 15 is 0 Å². The van der Waals surface area contributed by atoms with Crippen LogP contribution in [-0.2, 0) is 4.79 Å². The first-order chi connectivity index (χ1) is 13.6. The highest BCUT2D eigenvalue weighted by Gasteiger charge is 2.32. The maximum absolute atomic E-state index is 12.5. The van der Waals surface area contributed by atoms with E-state index in [9.17, 15) is 9.59 Å². The van der Waals surface area contributed by atoms with Gasteiger partial charge in [0.05, 0.1) is 6.04 Å². The van der Waals surface area contributed by atoms with E-state index in [1.165, 1.54) is 6.42 Å². The van der Waals surface area contributed by atoms with Gasteiger partial charge in [-0.3, -0.25) is 9.69 Å². The third-order valence-electron chi connectivity index (χ3n) is 5.70. The number of nitrogens with one attached hydrogen (secondary N) is 2. The van der Waals surface area contributed by atoms with Crippen LogP contribution in [0.4, 0.5) is 10.5 Å². The van der Waals surface area contributed by atoms with E-state index in [0.717, 1.165) is 25.2 Å². The number of carbonyl (C=O) groups excluding carboxylic acids is 2. The number of hydrogen-bond acceptors (Lipinski definition) is 5. The molecular formula is C20H28N4O4. The van der Waals surface area contributed by atoms with Crippen molar-refractivity contribution in [2.24, 2.45) is 0 Å². The molecule has 2 N–H and O–H groups in total. The molecule has 28 heavy (non-hydrogen) atoms. The van der Waals surface area contributed by atoms with Crippen LogP contribution in [0.1, 0.15) is 26.2 Å². The predicted molar refractivity (Wildman–Crippen MR) is 105 cm³/mol. The summed E-state index contributed by atoms with van der Waals surface area (Å²) in [4.78, 5) is 28.8. The fourth-order valence-corrected chi connectivity index (χ4v) is 4.24. The molecule has 0 saturated carbocycles. The molecule has 3 aliphatic rings. The van der Waals surface area contributed by atoms with Crippen LogP contribution in [0.2, 0.25) is 0 Å². The molecule has 1 aromatic carbocycles. The van der Waals surface area contributed by atoms with Crippen molar-refractivity contribution < 1.29 is 19.1 Å². The van der Waals surface area contributed by atoms with E-state index in [1.54, 1.807) is 4.90 Å². The number of benzene rings is 1. The zero-order chi connectivity index (χ0) is 19.5. The number of ether oxygens (including phenoxy) is 2. The summed E-state index contributed by atoms with van der Waals surface area (Å²) < 4.78 is 11.1. The van der Waals surface area contributed by atoms with Crippen molar-refractivity contribution in [2.75, 3.05) is 44.3 Å². The van der Waals surface area contributed by atoms with Gasteiger partial charge in [0.25, 0.3) is 0 Å². The molecule has 0 bridgehead atoms. The second-order valence-corrected chi connectivity index (χ2v) is 7.51. The SMILES string of the molecule is CCN1CCC[C@H]1CNC(=O)N[C@@H]1CC(=O)N(c2ccc3c(c2)OCCO3)C1. The van der Waals surface area contributed by atoms with Gasteiger partial charge in [-0.1, -0.05) is 6.92 Å². The minimum atomic E-state index is -0.204. The number of fused-ring (bicyclic) bond motifs is 1.